The van der Waals surface area contributed by atoms with Gasteiger partial charge in [-0.25, -0.2) is 9.37 Å². The normalized spacial score (nSPS) is 14.3. The molecule has 0 atom stereocenters. The number of aromatic nitrogens is 2. The van der Waals surface area contributed by atoms with Crippen LogP contribution < -0.4 is 5.32 Å². The Balaban J connectivity index is 1.66. The van der Waals surface area contributed by atoms with Gasteiger partial charge in [0.25, 0.3) is 0 Å². The van der Waals surface area contributed by atoms with Gasteiger partial charge in [0.2, 0.25) is 0 Å². The minimum absolute atomic E-state index is 0.206. The summed E-state index contributed by atoms with van der Waals surface area (Å²) in [6.45, 7) is 6.11. The van der Waals surface area contributed by atoms with Gasteiger partial charge in [0.05, 0.1) is 5.52 Å². The first-order valence-corrected chi connectivity index (χ1v) is 8.56. The molecule has 2 aromatic heterocycles. The van der Waals surface area contributed by atoms with Gasteiger partial charge >= 0.3 is 0 Å². The standard InChI is InChI=1S/C20H22FN3/c1-13-14(2)24(12-16-3-4-16)18-9-10-22-20(19(13)18)23-11-15-5-7-17(21)8-6-15/h5-10,16H,3-4,11-12H2,1-2H3,(H,22,23). The lowest BCUT2D eigenvalue weighted by Gasteiger charge is -2.09. The maximum atomic E-state index is 13.0. The Labute approximate surface area is 141 Å². The predicted octanol–water partition coefficient (Wildman–Crippen LogP) is 4.81. The van der Waals surface area contributed by atoms with Gasteiger partial charge in [0, 0.05) is 30.4 Å². The number of hydrogen-bond donors (Lipinski definition) is 1. The third-order valence-corrected chi connectivity index (χ3v) is 5.05. The van der Waals surface area contributed by atoms with Crippen molar-refractivity contribution in [3.8, 4) is 0 Å². The molecule has 0 amide bonds. The van der Waals surface area contributed by atoms with Gasteiger partial charge in [0.1, 0.15) is 11.6 Å². The molecule has 0 radical (unpaired) electrons. The number of hydrogen-bond acceptors (Lipinski definition) is 2. The second-order valence-electron chi connectivity index (χ2n) is 6.80. The maximum absolute atomic E-state index is 13.0. The maximum Gasteiger partial charge on any atom is 0.135 e. The van der Waals surface area contributed by atoms with E-state index in [1.165, 1.54) is 47.1 Å². The van der Waals surface area contributed by atoms with Gasteiger partial charge < -0.3 is 9.88 Å². The van der Waals surface area contributed by atoms with E-state index in [4.69, 9.17) is 0 Å². The highest BCUT2D eigenvalue weighted by Gasteiger charge is 2.24. The van der Waals surface area contributed by atoms with Crippen molar-refractivity contribution in [3.05, 3.63) is 59.2 Å². The summed E-state index contributed by atoms with van der Waals surface area (Å²) in [5.41, 5.74) is 4.92. The summed E-state index contributed by atoms with van der Waals surface area (Å²) >= 11 is 0. The molecule has 0 saturated heterocycles. The molecule has 0 bridgehead atoms. The smallest absolute Gasteiger partial charge is 0.135 e. The molecule has 3 nitrogen and oxygen atoms in total. The monoisotopic (exact) mass is 323 g/mol. The number of fused-ring (bicyclic) bond motifs is 1. The second-order valence-corrected chi connectivity index (χ2v) is 6.80. The summed E-state index contributed by atoms with van der Waals surface area (Å²) in [5.74, 6) is 1.54. The van der Waals surface area contributed by atoms with Crippen LogP contribution in [0.4, 0.5) is 10.2 Å². The summed E-state index contributed by atoms with van der Waals surface area (Å²) in [4.78, 5) is 4.55. The summed E-state index contributed by atoms with van der Waals surface area (Å²) in [6.07, 6.45) is 4.56. The lowest BCUT2D eigenvalue weighted by Crippen LogP contribution is -2.03. The molecule has 1 N–H and O–H groups in total. The fourth-order valence-electron chi connectivity index (χ4n) is 3.33. The van der Waals surface area contributed by atoms with E-state index in [0.717, 1.165) is 23.8 Å². The second kappa shape index (κ2) is 5.93. The van der Waals surface area contributed by atoms with E-state index in [-0.39, 0.29) is 5.82 Å². The number of aryl methyl sites for hydroxylation is 1. The van der Waals surface area contributed by atoms with Gasteiger partial charge in [-0.3, -0.25) is 0 Å². The molecule has 3 aromatic rings. The number of pyridine rings is 1. The minimum Gasteiger partial charge on any atom is -0.365 e. The van der Waals surface area contributed by atoms with Crippen LogP contribution in [-0.4, -0.2) is 9.55 Å². The van der Waals surface area contributed by atoms with Crippen molar-refractivity contribution >= 4 is 16.7 Å². The zero-order chi connectivity index (χ0) is 16.7. The zero-order valence-electron chi connectivity index (χ0n) is 14.1. The Morgan fingerprint density at radius 1 is 1.17 bits per heavy atom. The van der Waals surface area contributed by atoms with Crippen LogP contribution in [-0.2, 0) is 13.1 Å². The molecule has 1 saturated carbocycles. The van der Waals surface area contributed by atoms with E-state index in [2.05, 4.69) is 34.8 Å². The highest BCUT2D eigenvalue weighted by Crippen LogP contribution is 2.36. The van der Waals surface area contributed by atoms with E-state index in [0.29, 0.717) is 6.54 Å². The van der Waals surface area contributed by atoms with Crippen LogP contribution in [0.15, 0.2) is 36.5 Å². The van der Waals surface area contributed by atoms with Crippen LogP contribution in [0.5, 0.6) is 0 Å². The highest BCUT2D eigenvalue weighted by molar-refractivity contribution is 5.94. The Morgan fingerprint density at radius 2 is 1.92 bits per heavy atom. The SMILES string of the molecule is Cc1c(C)n(CC2CC2)c2ccnc(NCc3ccc(F)cc3)c12. The third-order valence-electron chi connectivity index (χ3n) is 5.05. The van der Waals surface area contributed by atoms with Crippen LogP contribution in [0.25, 0.3) is 10.9 Å². The van der Waals surface area contributed by atoms with Gasteiger partial charge in [-0.05, 0) is 61.9 Å². The topological polar surface area (TPSA) is 29.9 Å². The van der Waals surface area contributed by atoms with Crippen LogP contribution in [0.3, 0.4) is 0 Å². The fraction of sp³-hybridized carbons (Fsp3) is 0.350. The van der Waals surface area contributed by atoms with E-state index >= 15 is 0 Å². The number of nitrogens with one attached hydrogen (secondary N) is 1. The Morgan fingerprint density at radius 3 is 2.62 bits per heavy atom. The highest BCUT2D eigenvalue weighted by atomic mass is 19.1. The third kappa shape index (κ3) is 2.77. The molecule has 1 fully saturated rings. The van der Waals surface area contributed by atoms with Crippen molar-refractivity contribution < 1.29 is 4.39 Å². The lowest BCUT2D eigenvalue weighted by atomic mass is 10.1. The number of anilines is 1. The van der Waals surface area contributed by atoms with Crippen LogP contribution in [0.1, 0.15) is 29.7 Å². The number of nitrogens with zero attached hydrogens (tertiary/aromatic N) is 2. The largest absolute Gasteiger partial charge is 0.365 e. The van der Waals surface area contributed by atoms with E-state index in [9.17, 15) is 4.39 Å². The van der Waals surface area contributed by atoms with Crippen LogP contribution in [0, 0.1) is 25.6 Å². The molecular weight excluding hydrogens is 301 g/mol. The zero-order valence-corrected chi connectivity index (χ0v) is 14.1. The molecule has 1 aromatic carbocycles. The molecule has 0 spiro atoms. The molecule has 2 heterocycles. The van der Waals surface area contributed by atoms with Crippen molar-refractivity contribution in [2.75, 3.05) is 5.32 Å². The van der Waals surface area contributed by atoms with Gasteiger partial charge in [-0.1, -0.05) is 12.1 Å². The first-order valence-electron chi connectivity index (χ1n) is 8.56. The summed E-state index contributed by atoms with van der Waals surface area (Å²) in [6, 6.07) is 8.71. The number of benzene rings is 1. The van der Waals surface area contributed by atoms with E-state index in [1.807, 2.05) is 6.20 Å². The predicted molar refractivity (Wildman–Crippen MR) is 95.7 cm³/mol. The van der Waals surface area contributed by atoms with Crippen molar-refractivity contribution in [3.63, 3.8) is 0 Å². The first-order chi connectivity index (χ1) is 11.6. The number of rotatable bonds is 5. The Kier molecular flexibility index (Phi) is 3.75. The molecule has 4 rings (SSSR count). The average Bonchev–Trinajstić information content (AvgIpc) is 3.38. The van der Waals surface area contributed by atoms with E-state index in [1.54, 1.807) is 12.1 Å². The summed E-state index contributed by atoms with van der Waals surface area (Å²) < 4.78 is 15.5. The Bertz CT molecular complexity index is 876. The summed E-state index contributed by atoms with van der Waals surface area (Å²) in [5, 5.41) is 4.63. The molecule has 124 valence electrons. The quantitative estimate of drug-likeness (QED) is 0.730. The molecule has 0 unspecified atom stereocenters. The Hall–Kier alpha value is -2.36. The average molecular weight is 323 g/mol. The summed E-state index contributed by atoms with van der Waals surface area (Å²) in [7, 11) is 0. The molecular formula is C20H22FN3. The molecule has 1 aliphatic rings. The first kappa shape index (κ1) is 15.2. The molecule has 4 heteroatoms. The lowest BCUT2D eigenvalue weighted by molar-refractivity contribution is 0.627. The molecule has 1 aliphatic carbocycles. The van der Waals surface area contributed by atoms with Crippen LogP contribution in [0.2, 0.25) is 0 Å². The van der Waals surface area contributed by atoms with Gasteiger partial charge in [0.15, 0.2) is 0 Å². The van der Waals surface area contributed by atoms with Crippen molar-refractivity contribution in [1.29, 1.82) is 0 Å². The molecule has 24 heavy (non-hydrogen) atoms. The van der Waals surface area contributed by atoms with Crippen LogP contribution >= 0.6 is 0 Å². The van der Waals surface area contributed by atoms with Crippen molar-refractivity contribution in [2.24, 2.45) is 5.92 Å². The van der Waals surface area contributed by atoms with Crippen molar-refractivity contribution in [2.45, 2.75) is 39.8 Å². The molecule has 0 aliphatic heterocycles. The minimum atomic E-state index is -0.206. The van der Waals surface area contributed by atoms with Gasteiger partial charge in [-0.15, -0.1) is 0 Å². The fourth-order valence-corrected chi connectivity index (χ4v) is 3.33. The number of halogens is 1. The van der Waals surface area contributed by atoms with E-state index < -0.39 is 0 Å². The van der Waals surface area contributed by atoms with Crippen molar-refractivity contribution in [1.82, 2.24) is 9.55 Å². The van der Waals surface area contributed by atoms with Gasteiger partial charge in [-0.2, -0.15) is 0 Å².